The molecular weight excluding hydrogens is 220 g/mol. The lowest BCUT2D eigenvalue weighted by atomic mass is 9.95. The third kappa shape index (κ3) is 2.35. The number of carbonyl (C=O) groups is 1. The largest absolute Gasteiger partial charge is 0.507 e. The Morgan fingerprint density at radius 2 is 1.82 bits per heavy atom. The van der Waals surface area contributed by atoms with Crippen molar-refractivity contribution in [1.29, 1.82) is 0 Å². The summed E-state index contributed by atoms with van der Waals surface area (Å²) in [4.78, 5) is 10.7. The van der Waals surface area contributed by atoms with E-state index in [1.165, 1.54) is 7.11 Å². The second kappa shape index (κ2) is 5.08. The smallest absolute Gasteiger partial charge is 0.132 e. The summed E-state index contributed by atoms with van der Waals surface area (Å²) in [5, 5.41) is 19.8. The Kier molecular flexibility index (Phi) is 3.99. The second-order valence-electron chi connectivity index (χ2n) is 4.28. The highest BCUT2D eigenvalue weighted by atomic mass is 16.5. The molecule has 4 nitrogen and oxygen atoms in total. The first-order chi connectivity index (χ1) is 7.93. The molecule has 4 heteroatoms. The molecule has 0 spiro atoms. The van der Waals surface area contributed by atoms with Gasteiger partial charge in [0.25, 0.3) is 0 Å². The van der Waals surface area contributed by atoms with Gasteiger partial charge in [0.15, 0.2) is 0 Å². The highest BCUT2D eigenvalue weighted by molar-refractivity contribution is 5.63. The maximum Gasteiger partial charge on any atom is 0.132 e. The van der Waals surface area contributed by atoms with E-state index in [2.05, 4.69) is 0 Å². The molecule has 1 aromatic carbocycles. The molecule has 1 atom stereocenters. The van der Waals surface area contributed by atoms with Crippen molar-refractivity contribution in [2.75, 3.05) is 7.11 Å². The number of rotatable bonds is 4. The van der Waals surface area contributed by atoms with Gasteiger partial charge in [-0.25, -0.2) is 0 Å². The minimum absolute atomic E-state index is 0.00125. The van der Waals surface area contributed by atoms with Crippen LogP contribution in [0.5, 0.6) is 17.2 Å². The molecule has 17 heavy (non-hydrogen) atoms. The van der Waals surface area contributed by atoms with Crippen LogP contribution in [0.3, 0.4) is 0 Å². The Morgan fingerprint density at radius 3 is 2.29 bits per heavy atom. The summed E-state index contributed by atoms with van der Waals surface area (Å²) in [6.45, 7) is 5.12. The molecule has 0 bridgehead atoms. The van der Waals surface area contributed by atoms with Gasteiger partial charge in [-0.1, -0.05) is 6.92 Å². The summed E-state index contributed by atoms with van der Waals surface area (Å²) in [5.41, 5.74) is 1.56. The van der Waals surface area contributed by atoms with Crippen molar-refractivity contribution in [3.05, 3.63) is 16.7 Å². The second-order valence-corrected chi connectivity index (χ2v) is 4.28. The van der Waals surface area contributed by atoms with E-state index >= 15 is 0 Å². The summed E-state index contributed by atoms with van der Waals surface area (Å²) in [6.07, 6.45) is 1.22. The molecule has 0 aliphatic carbocycles. The van der Waals surface area contributed by atoms with Crippen molar-refractivity contribution in [2.45, 2.75) is 27.2 Å². The first-order valence-corrected chi connectivity index (χ1v) is 5.47. The summed E-state index contributed by atoms with van der Waals surface area (Å²) < 4.78 is 5.20. The summed E-state index contributed by atoms with van der Waals surface area (Å²) in [6, 6.07) is 0. The average Bonchev–Trinajstić information content (AvgIpc) is 2.33. The molecule has 0 aliphatic heterocycles. The number of aromatic hydroxyl groups is 2. The maximum atomic E-state index is 10.7. The van der Waals surface area contributed by atoms with Crippen molar-refractivity contribution in [3.63, 3.8) is 0 Å². The molecule has 0 heterocycles. The normalized spacial score (nSPS) is 12.2. The third-order valence-corrected chi connectivity index (χ3v) is 2.93. The third-order valence-electron chi connectivity index (χ3n) is 2.93. The highest BCUT2D eigenvalue weighted by Gasteiger charge is 2.20. The Morgan fingerprint density at radius 1 is 1.24 bits per heavy atom. The van der Waals surface area contributed by atoms with Crippen molar-refractivity contribution in [2.24, 2.45) is 5.92 Å². The molecule has 0 saturated heterocycles. The van der Waals surface area contributed by atoms with Gasteiger partial charge in [-0.15, -0.1) is 0 Å². The summed E-state index contributed by atoms with van der Waals surface area (Å²) in [5.74, 6) is 0.262. The van der Waals surface area contributed by atoms with Crippen LogP contribution in [0.1, 0.15) is 23.6 Å². The monoisotopic (exact) mass is 238 g/mol. The Labute approximate surface area is 101 Å². The minimum atomic E-state index is -0.210. The van der Waals surface area contributed by atoms with Crippen LogP contribution in [-0.2, 0) is 11.2 Å². The highest BCUT2D eigenvalue weighted by Crippen LogP contribution is 2.42. The molecule has 0 aromatic heterocycles. The van der Waals surface area contributed by atoms with Gasteiger partial charge in [-0.2, -0.15) is 0 Å². The van der Waals surface area contributed by atoms with Crippen molar-refractivity contribution in [3.8, 4) is 17.2 Å². The number of benzene rings is 1. The van der Waals surface area contributed by atoms with E-state index < -0.39 is 0 Å². The minimum Gasteiger partial charge on any atom is -0.507 e. The average molecular weight is 238 g/mol. The van der Waals surface area contributed by atoms with Crippen LogP contribution in [0, 0.1) is 19.8 Å². The first-order valence-electron chi connectivity index (χ1n) is 5.47. The molecule has 0 saturated carbocycles. The zero-order valence-corrected chi connectivity index (χ0v) is 10.6. The van der Waals surface area contributed by atoms with Gasteiger partial charge in [0, 0.05) is 22.6 Å². The first kappa shape index (κ1) is 13.4. The van der Waals surface area contributed by atoms with Gasteiger partial charge in [0.05, 0.1) is 7.11 Å². The summed E-state index contributed by atoms with van der Waals surface area (Å²) >= 11 is 0. The molecule has 0 fully saturated rings. The van der Waals surface area contributed by atoms with Gasteiger partial charge in [0.1, 0.15) is 23.5 Å². The van der Waals surface area contributed by atoms with E-state index in [0.717, 1.165) is 6.29 Å². The Balaban J connectivity index is 3.41. The van der Waals surface area contributed by atoms with Crippen LogP contribution in [0.4, 0.5) is 0 Å². The van der Waals surface area contributed by atoms with E-state index in [0.29, 0.717) is 28.9 Å². The van der Waals surface area contributed by atoms with Gasteiger partial charge in [-0.05, 0) is 20.3 Å². The predicted molar refractivity (Wildman–Crippen MR) is 64.7 cm³/mol. The lowest BCUT2D eigenvalue weighted by Gasteiger charge is -2.18. The molecule has 0 amide bonds. The lowest BCUT2D eigenvalue weighted by molar-refractivity contribution is -0.110. The number of ether oxygens (including phenoxy) is 1. The van der Waals surface area contributed by atoms with Crippen LogP contribution in [0.25, 0.3) is 0 Å². The van der Waals surface area contributed by atoms with Gasteiger partial charge in [0.2, 0.25) is 0 Å². The van der Waals surface area contributed by atoms with Crippen LogP contribution in [-0.4, -0.2) is 23.6 Å². The number of phenols is 2. The molecule has 0 radical (unpaired) electrons. The molecule has 94 valence electrons. The fraction of sp³-hybridized carbons (Fsp3) is 0.462. The number of carbonyl (C=O) groups excluding carboxylic acids is 1. The standard InChI is InChI=1S/C13H18O4/c1-7(6-14)5-10-12(16)8(2)11(15)9(3)13(10)17-4/h6-7,15-16H,5H2,1-4H3/t7-/m1/s1. The number of aldehydes is 1. The molecule has 0 unspecified atom stereocenters. The number of hydrogen-bond donors (Lipinski definition) is 2. The topological polar surface area (TPSA) is 66.8 Å². The molecule has 1 rings (SSSR count). The SMILES string of the molecule is COc1c(C)c(O)c(C)c(O)c1C[C@@H](C)C=O. The zero-order chi connectivity index (χ0) is 13.2. The lowest BCUT2D eigenvalue weighted by Crippen LogP contribution is -2.05. The van der Waals surface area contributed by atoms with E-state index in [4.69, 9.17) is 4.74 Å². The van der Waals surface area contributed by atoms with Crippen LogP contribution in [0.15, 0.2) is 0 Å². The fourth-order valence-corrected chi connectivity index (χ4v) is 1.90. The van der Waals surface area contributed by atoms with Crippen LogP contribution >= 0.6 is 0 Å². The van der Waals surface area contributed by atoms with Crippen molar-refractivity contribution in [1.82, 2.24) is 0 Å². The van der Waals surface area contributed by atoms with Gasteiger partial charge >= 0.3 is 0 Å². The van der Waals surface area contributed by atoms with E-state index in [9.17, 15) is 15.0 Å². The van der Waals surface area contributed by atoms with E-state index in [-0.39, 0.29) is 17.4 Å². The van der Waals surface area contributed by atoms with Crippen LogP contribution < -0.4 is 4.74 Å². The quantitative estimate of drug-likeness (QED) is 0.788. The molecule has 2 N–H and O–H groups in total. The van der Waals surface area contributed by atoms with Gasteiger partial charge in [-0.3, -0.25) is 0 Å². The van der Waals surface area contributed by atoms with Gasteiger partial charge < -0.3 is 19.7 Å². The van der Waals surface area contributed by atoms with Crippen molar-refractivity contribution < 1.29 is 19.7 Å². The molecule has 0 aliphatic rings. The summed E-state index contributed by atoms with van der Waals surface area (Å²) in [7, 11) is 1.48. The number of phenolic OH excluding ortho intramolecular Hbond substituents is 2. The number of methoxy groups -OCH3 is 1. The van der Waals surface area contributed by atoms with E-state index in [1.54, 1.807) is 20.8 Å². The predicted octanol–water partition coefficient (Wildman–Crippen LogP) is 2.10. The fourth-order valence-electron chi connectivity index (χ4n) is 1.90. The maximum absolute atomic E-state index is 10.7. The van der Waals surface area contributed by atoms with Crippen molar-refractivity contribution >= 4 is 6.29 Å². The number of hydrogen-bond acceptors (Lipinski definition) is 4. The Hall–Kier alpha value is -1.71. The van der Waals surface area contributed by atoms with Crippen LogP contribution in [0.2, 0.25) is 0 Å². The Bertz CT molecular complexity index is 438. The molecule has 1 aromatic rings. The molecular formula is C13H18O4. The van der Waals surface area contributed by atoms with E-state index in [1.807, 2.05) is 0 Å². The zero-order valence-electron chi connectivity index (χ0n) is 10.6.